The molecular formula is C13H24N2OS. The lowest BCUT2D eigenvalue weighted by molar-refractivity contribution is -0.136. The first-order chi connectivity index (χ1) is 8.20. The zero-order valence-electron chi connectivity index (χ0n) is 10.7. The molecule has 98 valence electrons. The van der Waals surface area contributed by atoms with Crippen LogP contribution in [0.4, 0.5) is 0 Å². The number of nitrogens with two attached hydrogens (primary N) is 1. The minimum atomic E-state index is 0.0769. The normalized spacial score (nSPS) is 34.4. The number of carbonyl (C=O) groups is 1. The molecular weight excluding hydrogens is 232 g/mol. The quantitative estimate of drug-likeness (QED) is 0.767. The standard InChI is InChI=1S/C13H24N2OS/c1-15(10-7-8-17-9-10)13(16)11-5-3-2-4-6-12(11)14/h10-12H,2-9,14H2,1H3. The summed E-state index contributed by atoms with van der Waals surface area (Å²) in [4.78, 5) is 14.5. The van der Waals surface area contributed by atoms with Crippen LogP contribution < -0.4 is 5.73 Å². The highest BCUT2D eigenvalue weighted by atomic mass is 32.2. The van der Waals surface area contributed by atoms with Crippen molar-refractivity contribution in [3.63, 3.8) is 0 Å². The van der Waals surface area contributed by atoms with Gasteiger partial charge in [0.1, 0.15) is 0 Å². The van der Waals surface area contributed by atoms with E-state index in [1.165, 1.54) is 18.6 Å². The first-order valence-electron chi connectivity index (χ1n) is 6.80. The molecule has 2 fully saturated rings. The number of amides is 1. The van der Waals surface area contributed by atoms with Gasteiger partial charge < -0.3 is 10.6 Å². The molecule has 1 amide bonds. The lowest BCUT2D eigenvalue weighted by Crippen LogP contribution is -2.46. The van der Waals surface area contributed by atoms with Crippen LogP contribution in [0.15, 0.2) is 0 Å². The SMILES string of the molecule is CN(C(=O)C1CCCCCC1N)C1CCSC1. The van der Waals surface area contributed by atoms with Crippen molar-refractivity contribution in [2.45, 2.75) is 50.6 Å². The molecule has 1 saturated heterocycles. The molecule has 2 rings (SSSR count). The van der Waals surface area contributed by atoms with E-state index in [4.69, 9.17) is 5.73 Å². The molecule has 2 N–H and O–H groups in total. The maximum atomic E-state index is 12.5. The highest BCUT2D eigenvalue weighted by molar-refractivity contribution is 7.99. The summed E-state index contributed by atoms with van der Waals surface area (Å²) in [7, 11) is 1.97. The Bertz CT molecular complexity index is 266. The molecule has 0 bridgehead atoms. The van der Waals surface area contributed by atoms with Crippen molar-refractivity contribution in [1.29, 1.82) is 0 Å². The monoisotopic (exact) mass is 256 g/mol. The Labute approximate surface area is 108 Å². The number of rotatable bonds is 2. The molecule has 17 heavy (non-hydrogen) atoms. The van der Waals surface area contributed by atoms with Gasteiger partial charge in [0.25, 0.3) is 0 Å². The van der Waals surface area contributed by atoms with Gasteiger partial charge in [0, 0.05) is 24.9 Å². The summed E-state index contributed by atoms with van der Waals surface area (Å²) in [6.07, 6.45) is 6.74. The van der Waals surface area contributed by atoms with Gasteiger partial charge in [-0.2, -0.15) is 11.8 Å². The minimum Gasteiger partial charge on any atom is -0.342 e. The van der Waals surface area contributed by atoms with Gasteiger partial charge in [0.15, 0.2) is 0 Å². The molecule has 0 spiro atoms. The van der Waals surface area contributed by atoms with Gasteiger partial charge in [-0.25, -0.2) is 0 Å². The molecule has 3 nitrogen and oxygen atoms in total. The van der Waals surface area contributed by atoms with Gasteiger partial charge in [0.05, 0.1) is 5.92 Å². The van der Waals surface area contributed by atoms with E-state index in [-0.39, 0.29) is 12.0 Å². The topological polar surface area (TPSA) is 46.3 Å². The Kier molecular flexibility index (Phi) is 4.74. The van der Waals surface area contributed by atoms with E-state index in [0.29, 0.717) is 11.9 Å². The van der Waals surface area contributed by atoms with Gasteiger partial charge in [-0.05, 0) is 25.0 Å². The van der Waals surface area contributed by atoms with Crippen molar-refractivity contribution in [1.82, 2.24) is 4.90 Å². The Morgan fingerprint density at radius 2 is 2.00 bits per heavy atom. The predicted octanol–water partition coefficient (Wildman–Crippen LogP) is 1.86. The van der Waals surface area contributed by atoms with E-state index >= 15 is 0 Å². The van der Waals surface area contributed by atoms with Crippen molar-refractivity contribution in [2.24, 2.45) is 11.7 Å². The molecule has 0 radical (unpaired) electrons. The summed E-state index contributed by atoms with van der Waals surface area (Å²) in [5.41, 5.74) is 6.16. The fourth-order valence-corrected chi connectivity index (χ4v) is 4.18. The molecule has 3 atom stereocenters. The summed E-state index contributed by atoms with van der Waals surface area (Å²) < 4.78 is 0. The summed E-state index contributed by atoms with van der Waals surface area (Å²) in [6.45, 7) is 0. The van der Waals surface area contributed by atoms with Crippen LogP contribution in [-0.4, -0.2) is 41.4 Å². The van der Waals surface area contributed by atoms with Crippen molar-refractivity contribution in [2.75, 3.05) is 18.6 Å². The Hall–Kier alpha value is -0.220. The van der Waals surface area contributed by atoms with Crippen molar-refractivity contribution < 1.29 is 4.79 Å². The second-order valence-corrected chi connectivity index (χ2v) is 6.52. The first-order valence-corrected chi connectivity index (χ1v) is 7.95. The van der Waals surface area contributed by atoms with Crippen LogP contribution in [0.5, 0.6) is 0 Å². The Balaban J connectivity index is 1.96. The van der Waals surface area contributed by atoms with Crippen LogP contribution in [0, 0.1) is 5.92 Å². The Morgan fingerprint density at radius 1 is 1.24 bits per heavy atom. The van der Waals surface area contributed by atoms with Crippen LogP contribution in [-0.2, 0) is 4.79 Å². The van der Waals surface area contributed by atoms with Crippen molar-refractivity contribution in [3.05, 3.63) is 0 Å². The Morgan fingerprint density at radius 3 is 2.71 bits per heavy atom. The molecule has 3 unspecified atom stereocenters. The first kappa shape index (κ1) is 13.2. The molecule has 1 saturated carbocycles. The lowest BCUT2D eigenvalue weighted by Gasteiger charge is -2.30. The van der Waals surface area contributed by atoms with Gasteiger partial charge in [-0.1, -0.05) is 19.3 Å². The van der Waals surface area contributed by atoms with E-state index in [0.717, 1.165) is 31.4 Å². The van der Waals surface area contributed by atoms with E-state index in [9.17, 15) is 4.79 Å². The van der Waals surface area contributed by atoms with Gasteiger partial charge >= 0.3 is 0 Å². The average molecular weight is 256 g/mol. The van der Waals surface area contributed by atoms with Crippen LogP contribution in [0.1, 0.15) is 38.5 Å². The predicted molar refractivity (Wildman–Crippen MR) is 73.1 cm³/mol. The zero-order chi connectivity index (χ0) is 12.3. The van der Waals surface area contributed by atoms with Crippen LogP contribution in [0.2, 0.25) is 0 Å². The molecule has 1 aliphatic heterocycles. The molecule has 4 heteroatoms. The molecule has 0 aromatic rings. The third-order valence-corrected chi connectivity index (χ3v) is 5.33. The van der Waals surface area contributed by atoms with Gasteiger partial charge in [-0.3, -0.25) is 4.79 Å². The number of thioether (sulfide) groups is 1. The number of carbonyl (C=O) groups excluding carboxylic acids is 1. The largest absolute Gasteiger partial charge is 0.342 e. The summed E-state index contributed by atoms with van der Waals surface area (Å²) >= 11 is 1.95. The fourth-order valence-electron chi connectivity index (χ4n) is 2.91. The summed E-state index contributed by atoms with van der Waals surface area (Å²) in [5, 5.41) is 0. The second-order valence-electron chi connectivity index (χ2n) is 5.37. The fraction of sp³-hybridized carbons (Fsp3) is 0.923. The number of hydrogen-bond acceptors (Lipinski definition) is 3. The minimum absolute atomic E-state index is 0.0769. The van der Waals surface area contributed by atoms with Gasteiger partial charge in [0.2, 0.25) is 5.91 Å². The van der Waals surface area contributed by atoms with Gasteiger partial charge in [-0.15, -0.1) is 0 Å². The smallest absolute Gasteiger partial charge is 0.227 e. The second kappa shape index (κ2) is 6.10. The lowest BCUT2D eigenvalue weighted by atomic mass is 9.93. The van der Waals surface area contributed by atoms with Crippen LogP contribution >= 0.6 is 11.8 Å². The van der Waals surface area contributed by atoms with Crippen molar-refractivity contribution >= 4 is 17.7 Å². The van der Waals surface area contributed by atoms with Crippen LogP contribution in [0.25, 0.3) is 0 Å². The number of hydrogen-bond donors (Lipinski definition) is 1. The van der Waals surface area contributed by atoms with E-state index < -0.39 is 0 Å². The maximum absolute atomic E-state index is 12.5. The molecule has 2 aliphatic rings. The highest BCUT2D eigenvalue weighted by Crippen LogP contribution is 2.27. The van der Waals surface area contributed by atoms with E-state index in [1.807, 2.05) is 23.7 Å². The number of nitrogens with zero attached hydrogens (tertiary/aromatic N) is 1. The zero-order valence-corrected chi connectivity index (χ0v) is 11.5. The highest BCUT2D eigenvalue weighted by Gasteiger charge is 2.32. The van der Waals surface area contributed by atoms with Crippen molar-refractivity contribution in [3.8, 4) is 0 Å². The maximum Gasteiger partial charge on any atom is 0.227 e. The molecule has 0 aromatic heterocycles. The molecule has 1 heterocycles. The van der Waals surface area contributed by atoms with E-state index in [1.54, 1.807) is 0 Å². The van der Waals surface area contributed by atoms with E-state index in [2.05, 4.69) is 0 Å². The summed E-state index contributed by atoms with van der Waals surface area (Å²) in [6, 6.07) is 0.532. The average Bonchev–Trinajstić information content (AvgIpc) is 2.77. The molecule has 0 aromatic carbocycles. The summed E-state index contributed by atoms with van der Waals surface area (Å²) in [5.74, 6) is 2.67. The van der Waals surface area contributed by atoms with Crippen LogP contribution in [0.3, 0.4) is 0 Å². The molecule has 1 aliphatic carbocycles. The third-order valence-electron chi connectivity index (χ3n) is 4.19. The third kappa shape index (κ3) is 3.16.